The van der Waals surface area contributed by atoms with Crippen molar-refractivity contribution < 1.29 is 30.7 Å². The molecular formula is C15H25N4O2W-. The van der Waals surface area contributed by atoms with Gasteiger partial charge in [-0.2, -0.15) is 5.10 Å². The normalized spacial score (nSPS) is 23.2. The standard InChI is InChI=1S/C15H25N4O2.W/c1-4-14(20)13-7-5-12(6-8-13)9-17-15(21)19-18-11(3)10(2)16;/h3,10,12-13H,2,4-9,16H2,1H3,(H2,17,19,21);/q-1;/b18-11+;/t10-,12?,13?;/m0./s1. The van der Waals surface area contributed by atoms with Crippen LogP contribution in [0.2, 0.25) is 0 Å². The molecule has 7 heteroatoms. The molecule has 124 valence electrons. The number of nitrogens with zero attached hydrogens (tertiary/aromatic N) is 1. The molecule has 0 unspecified atom stereocenters. The number of carbonyl (C=O) groups excluding carboxylic acids is 2. The van der Waals surface area contributed by atoms with Crippen LogP contribution in [-0.2, 0) is 25.9 Å². The maximum absolute atomic E-state index is 11.6. The average Bonchev–Trinajstić information content (AvgIpc) is 2.50. The molecule has 6 nitrogen and oxygen atoms in total. The van der Waals surface area contributed by atoms with Crippen LogP contribution in [0.5, 0.6) is 0 Å². The van der Waals surface area contributed by atoms with E-state index in [0.717, 1.165) is 25.7 Å². The summed E-state index contributed by atoms with van der Waals surface area (Å²) in [5, 5.41) is 6.38. The fourth-order valence-corrected chi connectivity index (χ4v) is 2.45. The van der Waals surface area contributed by atoms with Crippen LogP contribution in [0.15, 0.2) is 5.10 Å². The van der Waals surface area contributed by atoms with E-state index in [1.54, 1.807) is 0 Å². The number of hydrogen-bond acceptors (Lipinski definition) is 4. The van der Waals surface area contributed by atoms with Gasteiger partial charge in [-0.05, 0) is 31.6 Å². The van der Waals surface area contributed by atoms with Crippen molar-refractivity contribution in [3.05, 3.63) is 13.8 Å². The monoisotopic (exact) mass is 477 g/mol. The summed E-state index contributed by atoms with van der Waals surface area (Å²) in [6.07, 6.45) is 4.38. The van der Waals surface area contributed by atoms with Crippen molar-refractivity contribution in [2.45, 2.75) is 45.1 Å². The molecule has 1 atom stereocenters. The minimum absolute atomic E-state index is 0. The number of urea groups is 1. The van der Waals surface area contributed by atoms with Gasteiger partial charge in [0.1, 0.15) is 5.78 Å². The Labute approximate surface area is 147 Å². The van der Waals surface area contributed by atoms with Crippen LogP contribution >= 0.6 is 0 Å². The van der Waals surface area contributed by atoms with Crippen LogP contribution in [0.1, 0.15) is 39.0 Å². The van der Waals surface area contributed by atoms with Gasteiger partial charge in [0, 0.05) is 52.6 Å². The third-order valence-corrected chi connectivity index (χ3v) is 3.87. The van der Waals surface area contributed by atoms with Crippen molar-refractivity contribution in [2.75, 3.05) is 6.54 Å². The zero-order chi connectivity index (χ0) is 15.8. The molecule has 0 aromatic heterocycles. The predicted molar refractivity (Wildman–Crippen MR) is 82.3 cm³/mol. The predicted octanol–water partition coefficient (Wildman–Crippen LogP) is 1.30. The molecule has 0 spiro atoms. The van der Waals surface area contributed by atoms with Gasteiger partial charge in [0.05, 0.1) is 0 Å². The summed E-state index contributed by atoms with van der Waals surface area (Å²) < 4.78 is 0. The van der Waals surface area contributed by atoms with E-state index < -0.39 is 12.1 Å². The number of nitrogens with one attached hydrogen (secondary N) is 2. The second-order valence-electron chi connectivity index (χ2n) is 5.50. The van der Waals surface area contributed by atoms with E-state index in [0.29, 0.717) is 24.7 Å². The Morgan fingerprint density at radius 2 is 1.95 bits per heavy atom. The van der Waals surface area contributed by atoms with Gasteiger partial charge in [0.2, 0.25) is 0 Å². The molecule has 1 rings (SSSR count). The second-order valence-corrected chi connectivity index (χ2v) is 5.50. The Balaban J connectivity index is 0.00000441. The molecule has 0 saturated heterocycles. The molecule has 0 aromatic rings. The first kappa shape index (κ1) is 21.3. The summed E-state index contributed by atoms with van der Waals surface area (Å²) in [6.45, 7) is 11.4. The number of nitrogens with two attached hydrogens (primary N) is 1. The van der Waals surface area contributed by atoms with Crippen LogP contribution in [0.4, 0.5) is 4.79 Å². The topological polar surface area (TPSA) is 96.6 Å². The quantitative estimate of drug-likeness (QED) is 0.306. The molecule has 0 aliphatic heterocycles. The van der Waals surface area contributed by atoms with E-state index in [9.17, 15) is 9.59 Å². The maximum atomic E-state index is 11.6. The van der Waals surface area contributed by atoms with Crippen molar-refractivity contribution in [1.82, 2.24) is 10.7 Å². The Kier molecular flexibility index (Phi) is 10.5. The van der Waals surface area contributed by atoms with Crippen molar-refractivity contribution in [3.8, 4) is 0 Å². The molecule has 22 heavy (non-hydrogen) atoms. The van der Waals surface area contributed by atoms with Crippen molar-refractivity contribution >= 4 is 17.5 Å². The number of Topliss-reactive ketones (excluding diaryl/α,β-unsaturated/α-hetero) is 1. The van der Waals surface area contributed by atoms with E-state index in [1.165, 1.54) is 0 Å². The zero-order valence-corrected chi connectivity index (χ0v) is 15.9. The van der Waals surface area contributed by atoms with Crippen molar-refractivity contribution in [2.24, 2.45) is 22.7 Å². The minimum Gasteiger partial charge on any atom is -0.352 e. The Bertz CT molecular complexity index is 391. The first-order valence-corrected chi connectivity index (χ1v) is 7.42. The molecule has 4 N–H and O–H groups in total. The first-order chi connectivity index (χ1) is 9.93. The second kappa shape index (κ2) is 10.9. The summed E-state index contributed by atoms with van der Waals surface area (Å²) in [4.78, 5) is 23.2. The summed E-state index contributed by atoms with van der Waals surface area (Å²) in [7, 11) is 0. The fraction of sp³-hybridized carbons (Fsp3) is 0.667. The van der Waals surface area contributed by atoms with Crippen LogP contribution in [0.25, 0.3) is 0 Å². The molecule has 1 fully saturated rings. The first-order valence-electron chi connectivity index (χ1n) is 7.42. The van der Waals surface area contributed by atoms with Crippen LogP contribution in [-0.4, -0.2) is 30.1 Å². The fourth-order valence-electron chi connectivity index (χ4n) is 2.45. The Morgan fingerprint density at radius 1 is 1.36 bits per heavy atom. The maximum Gasteiger partial charge on any atom is 0.335 e. The number of amides is 2. The summed E-state index contributed by atoms with van der Waals surface area (Å²) in [5.74, 6) is 0.976. The van der Waals surface area contributed by atoms with E-state index >= 15 is 0 Å². The van der Waals surface area contributed by atoms with E-state index in [1.807, 2.05) is 6.92 Å². The molecule has 0 heterocycles. The Hall–Kier alpha value is -0.742. The van der Waals surface area contributed by atoms with Crippen LogP contribution in [0, 0.1) is 25.7 Å². The van der Waals surface area contributed by atoms with E-state index in [4.69, 9.17) is 12.7 Å². The molecule has 1 aliphatic rings. The van der Waals surface area contributed by atoms with E-state index in [-0.39, 0.29) is 32.7 Å². The third-order valence-electron chi connectivity index (χ3n) is 3.87. The number of hydrazone groups is 1. The number of hydrogen-bond donors (Lipinski definition) is 3. The molecule has 2 radical (unpaired) electrons. The molecule has 1 saturated carbocycles. The number of rotatable bonds is 6. The largest absolute Gasteiger partial charge is 0.352 e. The SMILES string of the molecule is [CH]/C(=N\NC(=O)NCC1CCC(C(=O)CC)CC1)[C@H]([CH2-])N.[W]. The van der Waals surface area contributed by atoms with Crippen LogP contribution in [0.3, 0.4) is 0 Å². The molecule has 1 aliphatic carbocycles. The van der Waals surface area contributed by atoms with Gasteiger partial charge in [-0.15, -0.1) is 0 Å². The van der Waals surface area contributed by atoms with Gasteiger partial charge in [-0.1, -0.05) is 13.0 Å². The van der Waals surface area contributed by atoms with Crippen LogP contribution < -0.4 is 16.5 Å². The number of carbonyl (C=O) groups is 2. The Morgan fingerprint density at radius 3 is 2.45 bits per heavy atom. The molecule has 0 bridgehead atoms. The molecule has 2 amide bonds. The third kappa shape index (κ3) is 7.50. The summed E-state index contributed by atoms with van der Waals surface area (Å²) in [5.41, 5.74) is 7.75. The molecule has 0 aromatic carbocycles. The smallest absolute Gasteiger partial charge is 0.335 e. The summed E-state index contributed by atoms with van der Waals surface area (Å²) in [6, 6.07) is -1.05. The number of ketones is 1. The van der Waals surface area contributed by atoms with Gasteiger partial charge >= 0.3 is 6.03 Å². The average molecular weight is 477 g/mol. The van der Waals surface area contributed by atoms with Crippen molar-refractivity contribution in [3.63, 3.8) is 0 Å². The van der Waals surface area contributed by atoms with Gasteiger partial charge in [0.25, 0.3) is 0 Å². The van der Waals surface area contributed by atoms with Gasteiger partial charge in [-0.25, -0.2) is 10.2 Å². The van der Waals surface area contributed by atoms with Gasteiger partial charge in [-0.3, -0.25) is 4.79 Å². The summed E-state index contributed by atoms with van der Waals surface area (Å²) >= 11 is 0. The van der Waals surface area contributed by atoms with Gasteiger partial charge < -0.3 is 18.0 Å². The van der Waals surface area contributed by atoms with Crippen molar-refractivity contribution in [1.29, 1.82) is 0 Å². The van der Waals surface area contributed by atoms with E-state index in [2.05, 4.69) is 22.8 Å². The minimum atomic E-state index is -0.642. The zero-order valence-electron chi connectivity index (χ0n) is 13.0. The van der Waals surface area contributed by atoms with Gasteiger partial charge in [0.15, 0.2) is 0 Å². The molecular weight excluding hydrogens is 452 g/mol.